The maximum atomic E-state index is 10.6. The van der Waals surface area contributed by atoms with Crippen molar-refractivity contribution in [3.63, 3.8) is 0 Å². The van der Waals surface area contributed by atoms with Crippen molar-refractivity contribution >= 4 is 23.1 Å². The molecule has 1 fully saturated rings. The molecule has 4 rings (SSSR count). The van der Waals surface area contributed by atoms with E-state index in [0.29, 0.717) is 24.7 Å². The van der Waals surface area contributed by atoms with E-state index in [9.17, 15) is 15.3 Å². The van der Waals surface area contributed by atoms with Gasteiger partial charge < -0.3 is 30.9 Å². The van der Waals surface area contributed by atoms with E-state index >= 15 is 0 Å². The van der Waals surface area contributed by atoms with E-state index in [4.69, 9.17) is 15.0 Å². The number of aliphatic hydroxyl groups excluding tert-OH is 3. The summed E-state index contributed by atoms with van der Waals surface area (Å²) in [6.07, 6.45) is -0.538. The molecule has 2 aromatic heterocycles. The van der Waals surface area contributed by atoms with E-state index in [1.807, 2.05) is 6.92 Å². The van der Waals surface area contributed by atoms with E-state index in [0.717, 1.165) is 41.5 Å². The fourth-order valence-corrected chi connectivity index (χ4v) is 5.57. The van der Waals surface area contributed by atoms with Crippen molar-refractivity contribution in [2.24, 2.45) is 11.3 Å². The van der Waals surface area contributed by atoms with Gasteiger partial charge in [-0.3, -0.25) is 0 Å². The van der Waals surface area contributed by atoms with E-state index < -0.39 is 18.2 Å². The molecule has 0 spiro atoms. The van der Waals surface area contributed by atoms with Crippen molar-refractivity contribution < 1.29 is 15.3 Å². The van der Waals surface area contributed by atoms with Crippen molar-refractivity contribution in [2.75, 3.05) is 37.4 Å². The first kappa shape index (κ1) is 24.3. The summed E-state index contributed by atoms with van der Waals surface area (Å²) in [5.74, 6) is 0.736. The van der Waals surface area contributed by atoms with Gasteiger partial charge in [-0.25, -0.2) is 9.97 Å². The first-order chi connectivity index (χ1) is 15.6. The van der Waals surface area contributed by atoms with Crippen LogP contribution >= 0.6 is 11.3 Å². The molecule has 5 N–H and O–H groups in total. The Morgan fingerprint density at radius 2 is 1.91 bits per heavy atom. The minimum atomic E-state index is -0.991. The van der Waals surface area contributed by atoms with E-state index in [-0.39, 0.29) is 17.9 Å². The fraction of sp³-hybridized carbons (Fsp3) is 0.696. The number of fused-ring (bicyclic) bond motifs is 1. The van der Waals surface area contributed by atoms with Crippen LogP contribution in [0.1, 0.15) is 43.5 Å². The Balaban J connectivity index is 1.71. The highest BCUT2D eigenvalue weighted by atomic mass is 32.1. The molecule has 2 aromatic rings. The van der Waals surface area contributed by atoms with Crippen LogP contribution in [0.2, 0.25) is 0 Å². The Labute approximate surface area is 199 Å². The van der Waals surface area contributed by atoms with E-state index in [2.05, 4.69) is 43.4 Å². The summed E-state index contributed by atoms with van der Waals surface area (Å²) in [4.78, 5) is 18.0. The molecule has 1 saturated carbocycles. The molecule has 182 valence electrons. The molecule has 0 unspecified atom stereocenters. The summed E-state index contributed by atoms with van der Waals surface area (Å²) in [5.41, 5.74) is 2.78. The lowest BCUT2D eigenvalue weighted by Gasteiger charge is -2.22. The number of likely N-dealkylation sites (N-methyl/N-ethyl adjacent to an activating group) is 1. The number of hydrogen-bond donors (Lipinski definition) is 5. The summed E-state index contributed by atoms with van der Waals surface area (Å²) in [7, 11) is 2.10. The van der Waals surface area contributed by atoms with Gasteiger partial charge in [-0.2, -0.15) is 4.98 Å². The Morgan fingerprint density at radius 1 is 1.15 bits per heavy atom. The molecule has 0 radical (unpaired) electrons. The first-order valence-electron chi connectivity index (χ1n) is 11.6. The van der Waals surface area contributed by atoms with Crippen LogP contribution in [0.15, 0.2) is 0 Å². The van der Waals surface area contributed by atoms with Crippen LogP contribution in [0.5, 0.6) is 0 Å². The third-order valence-corrected chi connectivity index (χ3v) is 7.53. The topological polar surface area (TPSA) is 127 Å². The summed E-state index contributed by atoms with van der Waals surface area (Å²) >= 11 is 1.68. The van der Waals surface area contributed by atoms with Gasteiger partial charge in [0.2, 0.25) is 5.95 Å². The zero-order chi connectivity index (χ0) is 23.9. The minimum Gasteiger partial charge on any atom is -0.396 e. The predicted molar refractivity (Wildman–Crippen MR) is 130 cm³/mol. The van der Waals surface area contributed by atoms with Crippen molar-refractivity contribution in [2.45, 2.75) is 65.3 Å². The predicted octanol–water partition coefficient (Wildman–Crippen LogP) is 1.87. The summed E-state index contributed by atoms with van der Waals surface area (Å²) in [6.45, 7) is 10.8. The van der Waals surface area contributed by atoms with Crippen LogP contribution in [0.25, 0.3) is 10.6 Å². The lowest BCUT2D eigenvalue weighted by Crippen LogP contribution is -2.36. The van der Waals surface area contributed by atoms with Gasteiger partial charge in [0.25, 0.3) is 0 Å². The number of thiazole rings is 1. The second-order valence-electron chi connectivity index (χ2n) is 10.6. The molecule has 10 heteroatoms. The number of aryl methyl sites for hydroxylation is 1. The normalized spacial score (nSPS) is 25.8. The van der Waals surface area contributed by atoms with Crippen LogP contribution in [0.3, 0.4) is 0 Å². The van der Waals surface area contributed by atoms with Gasteiger partial charge in [0.15, 0.2) is 0 Å². The summed E-state index contributed by atoms with van der Waals surface area (Å²) in [6, 6.07) is -0.429. The van der Waals surface area contributed by atoms with Gasteiger partial charge in [-0.1, -0.05) is 20.8 Å². The van der Waals surface area contributed by atoms with Crippen molar-refractivity contribution in [1.29, 1.82) is 0 Å². The number of nitrogens with one attached hydrogen (secondary N) is 2. The number of aliphatic hydroxyl groups is 3. The highest BCUT2D eigenvalue weighted by Gasteiger charge is 2.41. The van der Waals surface area contributed by atoms with Crippen molar-refractivity contribution in [3.05, 3.63) is 16.3 Å². The largest absolute Gasteiger partial charge is 0.396 e. The van der Waals surface area contributed by atoms with Gasteiger partial charge in [-0.05, 0) is 32.2 Å². The lowest BCUT2D eigenvalue weighted by molar-refractivity contribution is 0.00446. The van der Waals surface area contributed by atoms with E-state index in [1.54, 1.807) is 11.3 Å². The zero-order valence-electron chi connectivity index (χ0n) is 20.1. The highest BCUT2D eigenvalue weighted by molar-refractivity contribution is 7.15. The molecule has 0 aromatic carbocycles. The van der Waals surface area contributed by atoms with Gasteiger partial charge in [-0.15, -0.1) is 11.3 Å². The number of anilines is 2. The number of aromatic nitrogens is 3. The number of rotatable bonds is 6. The maximum absolute atomic E-state index is 10.6. The summed E-state index contributed by atoms with van der Waals surface area (Å²) < 4.78 is 0. The maximum Gasteiger partial charge on any atom is 0.224 e. The summed E-state index contributed by atoms with van der Waals surface area (Å²) in [5, 5.41) is 38.0. The number of hydrogen-bond acceptors (Lipinski definition) is 10. The zero-order valence-corrected chi connectivity index (χ0v) is 20.9. The highest BCUT2D eigenvalue weighted by Crippen LogP contribution is 2.38. The smallest absolute Gasteiger partial charge is 0.224 e. The molecular formula is C23H36N6O3S. The molecule has 2 aliphatic rings. The Morgan fingerprint density at radius 3 is 2.58 bits per heavy atom. The Hall–Kier alpha value is -1.85. The van der Waals surface area contributed by atoms with Gasteiger partial charge in [0.05, 0.1) is 29.1 Å². The fourth-order valence-electron chi connectivity index (χ4n) is 4.42. The number of nitrogens with zero attached hydrogens (tertiary/aromatic N) is 4. The van der Waals surface area contributed by atoms with Crippen molar-refractivity contribution in [3.8, 4) is 10.6 Å². The molecule has 4 atom stereocenters. The molecular weight excluding hydrogens is 440 g/mol. The monoisotopic (exact) mass is 476 g/mol. The van der Waals surface area contributed by atoms with Gasteiger partial charge >= 0.3 is 0 Å². The molecule has 0 amide bonds. The molecule has 3 heterocycles. The van der Waals surface area contributed by atoms with Crippen molar-refractivity contribution in [1.82, 2.24) is 19.9 Å². The third-order valence-electron chi connectivity index (χ3n) is 6.36. The van der Waals surface area contributed by atoms with Crippen LogP contribution in [-0.4, -0.2) is 80.2 Å². The molecule has 1 aliphatic heterocycles. The Kier molecular flexibility index (Phi) is 6.93. The van der Waals surface area contributed by atoms with Crippen LogP contribution in [0.4, 0.5) is 11.8 Å². The van der Waals surface area contributed by atoms with Crippen LogP contribution in [-0.2, 0) is 13.0 Å². The quantitative estimate of drug-likeness (QED) is 0.425. The third kappa shape index (κ3) is 5.30. The molecule has 0 bridgehead atoms. The SMILES string of the molecule is Cc1nc(NCC(C)(C)C)nc(N[C@@H]2C[C@H](CO)[C@@H](O)[C@H]2O)c1-c1nc2c(s1)CCN(C)C2. The minimum absolute atomic E-state index is 0.0595. The van der Waals surface area contributed by atoms with E-state index in [1.165, 1.54) is 4.88 Å². The molecule has 0 saturated heterocycles. The standard InChI is InChI=1S/C23H36N6O3S/c1-12-17(21-27-15-9-29(5)7-6-16(15)33-21)20(28-22(25-12)24-11-23(2,3)4)26-14-8-13(10-30)18(31)19(14)32/h13-14,18-19,30-32H,6-11H2,1-5H3,(H2,24,25,26,28)/t13-,14-,18-,19+/m1/s1. The Bertz CT molecular complexity index is 991. The lowest BCUT2D eigenvalue weighted by atomic mass is 9.97. The molecule has 1 aliphatic carbocycles. The molecule has 9 nitrogen and oxygen atoms in total. The van der Waals surface area contributed by atoms with Crippen LogP contribution in [0, 0.1) is 18.3 Å². The average Bonchev–Trinajstić information content (AvgIpc) is 3.26. The second kappa shape index (κ2) is 9.42. The molecule has 33 heavy (non-hydrogen) atoms. The van der Waals surface area contributed by atoms with Gasteiger partial charge in [0, 0.05) is 37.0 Å². The van der Waals surface area contributed by atoms with Gasteiger partial charge in [0.1, 0.15) is 16.9 Å². The van der Waals surface area contributed by atoms with Crippen LogP contribution < -0.4 is 10.6 Å². The average molecular weight is 477 g/mol. The second-order valence-corrected chi connectivity index (χ2v) is 11.6. The first-order valence-corrected chi connectivity index (χ1v) is 12.4.